The standard InChI is InChI=1S/C26H21Cl2N3O3/c1-14-12-15(2)22(16(3)13-14)30-24(32)17-8-10-18(11-9-17)29-23-21(28)25(33)31(26(23)34)20-7-5-4-6-19(20)27/h4-13,29H,1-3H3,(H,30,32). The van der Waals surface area contributed by atoms with E-state index >= 15 is 0 Å². The van der Waals surface area contributed by atoms with Gasteiger partial charge in [-0.05, 0) is 68.3 Å². The number of halogens is 2. The summed E-state index contributed by atoms with van der Waals surface area (Å²) in [4.78, 5) is 39.2. The van der Waals surface area contributed by atoms with Crippen LogP contribution in [0.1, 0.15) is 27.0 Å². The molecule has 1 heterocycles. The molecule has 0 saturated carbocycles. The van der Waals surface area contributed by atoms with E-state index in [1.807, 2.05) is 32.9 Å². The summed E-state index contributed by atoms with van der Waals surface area (Å²) in [5.41, 5.74) is 5.01. The summed E-state index contributed by atoms with van der Waals surface area (Å²) in [7, 11) is 0. The Balaban J connectivity index is 1.51. The van der Waals surface area contributed by atoms with Crippen molar-refractivity contribution in [2.24, 2.45) is 0 Å². The second kappa shape index (κ2) is 9.33. The molecule has 34 heavy (non-hydrogen) atoms. The molecule has 1 aliphatic heterocycles. The van der Waals surface area contributed by atoms with Crippen molar-refractivity contribution in [1.29, 1.82) is 0 Å². The highest BCUT2D eigenvalue weighted by molar-refractivity contribution is 6.53. The molecule has 1 aliphatic rings. The molecule has 0 fully saturated rings. The van der Waals surface area contributed by atoms with Crippen molar-refractivity contribution < 1.29 is 14.4 Å². The lowest BCUT2D eigenvalue weighted by Crippen LogP contribution is -2.32. The zero-order chi connectivity index (χ0) is 24.6. The Morgan fingerprint density at radius 3 is 2.09 bits per heavy atom. The van der Waals surface area contributed by atoms with Gasteiger partial charge in [-0.3, -0.25) is 14.4 Å². The van der Waals surface area contributed by atoms with Crippen molar-refractivity contribution in [2.45, 2.75) is 20.8 Å². The van der Waals surface area contributed by atoms with Gasteiger partial charge in [-0.25, -0.2) is 4.90 Å². The van der Waals surface area contributed by atoms with E-state index in [4.69, 9.17) is 23.2 Å². The number of para-hydroxylation sites is 1. The zero-order valence-electron chi connectivity index (χ0n) is 18.7. The van der Waals surface area contributed by atoms with Crippen molar-refractivity contribution in [3.63, 3.8) is 0 Å². The van der Waals surface area contributed by atoms with E-state index in [1.54, 1.807) is 48.5 Å². The van der Waals surface area contributed by atoms with Crippen LogP contribution in [0.4, 0.5) is 17.1 Å². The maximum Gasteiger partial charge on any atom is 0.283 e. The predicted octanol–water partition coefficient (Wildman–Crippen LogP) is 5.95. The van der Waals surface area contributed by atoms with Crippen LogP contribution in [-0.4, -0.2) is 17.7 Å². The zero-order valence-corrected chi connectivity index (χ0v) is 20.2. The van der Waals surface area contributed by atoms with Crippen molar-refractivity contribution in [2.75, 3.05) is 15.5 Å². The fraction of sp³-hybridized carbons (Fsp3) is 0.115. The number of carbonyl (C=O) groups excluding carboxylic acids is 3. The smallest absolute Gasteiger partial charge is 0.283 e. The Labute approximate surface area is 207 Å². The van der Waals surface area contributed by atoms with E-state index in [2.05, 4.69) is 10.6 Å². The molecule has 3 aromatic carbocycles. The molecule has 8 heteroatoms. The number of imide groups is 1. The van der Waals surface area contributed by atoms with E-state index in [1.165, 1.54) is 0 Å². The lowest BCUT2D eigenvalue weighted by molar-refractivity contribution is -0.120. The topological polar surface area (TPSA) is 78.5 Å². The highest BCUT2D eigenvalue weighted by atomic mass is 35.5. The Morgan fingerprint density at radius 2 is 1.47 bits per heavy atom. The molecule has 0 aliphatic carbocycles. The number of hydrogen-bond acceptors (Lipinski definition) is 4. The largest absolute Gasteiger partial charge is 0.350 e. The lowest BCUT2D eigenvalue weighted by atomic mass is 10.0. The Hall–Kier alpha value is -3.61. The molecule has 4 rings (SSSR count). The van der Waals surface area contributed by atoms with Gasteiger partial charge in [-0.1, -0.05) is 53.0 Å². The van der Waals surface area contributed by atoms with E-state index < -0.39 is 11.8 Å². The van der Waals surface area contributed by atoms with Gasteiger partial charge in [0.25, 0.3) is 17.7 Å². The summed E-state index contributed by atoms with van der Waals surface area (Å²) in [6.45, 7) is 5.91. The normalized spacial score (nSPS) is 13.5. The van der Waals surface area contributed by atoms with Crippen LogP contribution >= 0.6 is 23.2 Å². The van der Waals surface area contributed by atoms with Crippen molar-refractivity contribution in [3.05, 3.63) is 98.7 Å². The van der Waals surface area contributed by atoms with Gasteiger partial charge in [-0.15, -0.1) is 0 Å². The quantitative estimate of drug-likeness (QED) is 0.430. The number of amides is 3. The van der Waals surface area contributed by atoms with Gasteiger partial charge in [0.2, 0.25) is 0 Å². The van der Waals surface area contributed by atoms with Crippen LogP contribution in [0.25, 0.3) is 0 Å². The van der Waals surface area contributed by atoms with Gasteiger partial charge >= 0.3 is 0 Å². The molecule has 6 nitrogen and oxygen atoms in total. The van der Waals surface area contributed by atoms with Crippen LogP contribution in [0.2, 0.25) is 5.02 Å². The molecule has 0 saturated heterocycles. The monoisotopic (exact) mass is 493 g/mol. The first-order valence-corrected chi connectivity index (χ1v) is 11.2. The fourth-order valence-corrected chi connectivity index (χ4v) is 4.31. The molecule has 0 atom stereocenters. The molecule has 3 aromatic rings. The molecular formula is C26H21Cl2N3O3. The second-order valence-corrected chi connectivity index (χ2v) is 8.80. The SMILES string of the molecule is Cc1cc(C)c(NC(=O)c2ccc(NC3=C(Cl)C(=O)N(c4ccccc4Cl)C3=O)cc2)c(C)c1. The third-order valence-electron chi connectivity index (χ3n) is 5.45. The number of nitrogens with zero attached hydrogens (tertiary/aromatic N) is 1. The van der Waals surface area contributed by atoms with Crippen LogP contribution in [-0.2, 0) is 9.59 Å². The number of aryl methyl sites for hydroxylation is 3. The highest BCUT2D eigenvalue weighted by Gasteiger charge is 2.39. The van der Waals surface area contributed by atoms with Gasteiger partial charge < -0.3 is 10.6 Å². The first-order valence-electron chi connectivity index (χ1n) is 10.5. The highest BCUT2D eigenvalue weighted by Crippen LogP contribution is 2.34. The average molecular weight is 494 g/mol. The minimum atomic E-state index is -0.665. The number of anilines is 3. The third kappa shape index (κ3) is 4.42. The molecule has 172 valence electrons. The van der Waals surface area contributed by atoms with Crippen molar-refractivity contribution in [1.82, 2.24) is 0 Å². The van der Waals surface area contributed by atoms with Gasteiger partial charge in [0.05, 0.1) is 10.7 Å². The third-order valence-corrected chi connectivity index (χ3v) is 6.12. The second-order valence-electron chi connectivity index (χ2n) is 8.02. The summed E-state index contributed by atoms with van der Waals surface area (Å²) in [5.74, 6) is -1.53. The fourth-order valence-electron chi connectivity index (χ4n) is 3.88. The Bertz CT molecular complexity index is 1340. The molecule has 0 spiro atoms. The summed E-state index contributed by atoms with van der Waals surface area (Å²) < 4.78 is 0. The van der Waals surface area contributed by atoms with Crippen LogP contribution in [0.5, 0.6) is 0 Å². The predicted molar refractivity (Wildman–Crippen MR) is 135 cm³/mol. The molecule has 0 unspecified atom stereocenters. The van der Waals surface area contributed by atoms with Crippen LogP contribution in [0.3, 0.4) is 0 Å². The number of hydrogen-bond donors (Lipinski definition) is 2. The van der Waals surface area contributed by atoms with Crippen molar-refractivity contribution in [3.8, 4) is 0 Å². The van der Waals surface area contributed by atoms with Gasteiger partial charge in [0.15, 0.2) is 0 Å². The minimum absolute atomic E-state index is 0.0605. The van der Waals surface area contributed by atoms with Crippen LogP contribution in [0.15, 0.2) is 71.4 Å². The molecule has 0 bridgehead atoms. The van der Waals surface area contributed by atoms with Gasteiger partial charge in [0, 0.05) is 16.9 Å². The summed E-state index contributed by atoms with van der Waals surface area (Å²) in [6.07, 6.45) is 0. The lowest BCUT2D eigenvalue weighted by Gasteiger charge is -2.16. The van der Waals surface area contributed by atoms with E-state index in [9.17, 15) is 14.4 Å². The molecule has 0 aromatic heterocycles. The Kier molecular flexibility index (Phi) is 6.46. The summed E-state index contributed by atoms with van der Waals surface area (Å²) in [5, 5.41) is 5.86. The Morgan fingerprint density at radius 1 is 0.853 bits per heavy atom. The first-order chi connectivity index (χ1) is 16.2. The summed E-state index contributed by atoms with van der Waals surface area (Å²) >= 11 is 12.3. The maximum atomic E-state index is 12.9. The molecule has 3 amide bonds. The molecular weight excluding hydrogens is 473 g/mol. The van der Waals surface area contributed by atoms with E-state index in [0.29, 0.717) is 11.3 Å². The number of carbonyl (C=O) groups is 3. The van der Waals surface area contributed by atoms with Crippen LogP contribution in [0, 0.1) is 20.8 Å². The number of rotatable bonds is 5. The first kappa shape index (κ1) is 23.5. The molecule has 2 N–H and O–H groups in total. The summed E-state index contributed by atoms with van der Waals surface area (Å²) in [6, 6.07) is 17.1. The average Bonchev–Trinajstić information content (AvgIpc) is 3.00. The number of benzene rings is 3. The minimum Gasteiger partial charge on any atom is -0.350 e. The maximum absolute atomic E-state index is 12.9. The number of nitrogens with one attached hydrogen (secondary N) is 2. The van der Waals surface area contributed by atoms with E-state index in [0.717, 1.165) is 27.3 Å². The van der Waals surface area contributed by atoms with Gasteiger partial charge in [-0.2, -0.15) is 0 Å². The van der Waals surface area contributed by atoms with Crippen LogP contribution < -0.4 is 15.5 Å². The van der Waals surface area contributed by atoms with E-state index in [-0.39, 0.29) is 27.3 Å². The van der Waals surface area contributed by atoms with Crippen molar-refractivity contribution >= 4 is 58.0 Å². The van der Waals surface area contributed by atoms with Gasteiger partial charge in [0.1, 0.15) is 10.7 Å². The molecule has 0 radical (unpaired) electrons.